The molecule has 1 fully saturated rings. The molecule has 0 spiro atoms. The molecule has 0 aliphatic carbocycles. The molecule has 1 rings (SSSR count). The third-order valence-electron chi connectivity index (χ3n) is 1.80. The predicted molar refractivity (Wildman–Crippen MR) is 41.5 cm³/mol. The lowest BCUT2D eigenvalue weighted by Gasteiger charge is -2.31. The van der Waals surface area contributed by atoms with Crippen molar-refractivity contribution in [1.82, 2.24) is 0 Å². The van der Waals surface area contributed by atoms with Crippen LogP contribution in [0.1, 0.15) is 0 Å². The van der Waals surface area contributed by atoms with Gasteiger partial charge in [0.25, 0.3) is 9.09 Å². The van der Waals surface area contributed by atoms with Crippen LogP contribution in [0.3, 0.4) is 0 Å². The summed E-state index contributed by atoms with van der Waals surface area (Å²) in [4.78, 5) is 0. The van der Waals surface area contributed by atoms with Gasteiger partial charge in [-0.05, 0) is 31.9 Å². The average Bonchev–Trinajstić information content (AvgIpc) is 2.07. The molecule has 1 aliphatic heterocycles. The van der Waals surface area contributed by atoms with E-state index < -0.39 is 27.3 Å². The largest absolute Gasteiger partial charge is 0.432 e. The van der Waals surface area contributed by atoms with Gasteiger partial charge in [0.2, 0.25) is 0 Å². The molecule has 2 unspecified atom stereocenters. The van der Waals surface area contributed by atoms with Crippen LogP contribution in [-0.4, -0.2) is 27.3 Å². The standard InChI is InChI=1S/C5Br2F8O/c6-1(8)2(7,4(11,12)13)16-5(14,15)3(1,9)10. The molecule has 0 aromatic rings. The van der Waals surface area contributed by atoms with Crippen molar-refractivity contribution in [3.8, 4) is 0 Å². The molecule has 16 heavy (non-hydrogen) atoms. The van der Waals surface area contributed by atoms with Crippen molar-refractivity contribution in [2.24, 2.45) is 0 Å². The first kappa shape index (κ1) is 14.4. The van der Waals surface area contributed by atoms with Crippen LogP contribution in [0.15, 0.2) is 0 Å². The Hall–Kier alpha value is 0.360. The van der Waals surface area contributed by atoms with E-state index in [4.69, 9.17) is 0 Å². The third kappa shape index (κ3) is 1.43. The quantitative estimate of drug-likeness (QED) is 0.451. The van der Waals surface area contributed by atoms with E-state index in [1.807, 2.05) is 0 Å². The SMILES string of the molecule is FC(F)(F)C1(Br)OC(F)(F)C(F)(F)C1(F)Br. The maximum absolute atomic E-state index is 13.2. The van der Waals surface area contributed by atoms with Crippen molar-refractivity contribution in [3.05, 3.63) is 0 Å². The van der Waals surface area contributed by atoms with Gasteiger partial charge in [0.15, 0.2) is 0 Å². The van der Waals surface area contributed by atoms with Crippen molar-refractivity contribution >= 4 is 31.9 Å². The molecule has 1 saturated heterocycles. The number of ether oxygens (including phenoxy) is 1. The highest BCUT2D eigenvalue weighted by atomic mass is 79.9. The highest BCUT2D eigenvalue weighted by Crippen LogP contribution is 2.68. The predicted octanol–water partition coefficient (Wildman–Crippen LogP) is 3.96. The fraction of sp³-hybridized carbons (Fsp3) is 1.00. The van der Waals surface area contributed by atoms with Gasteiger partial charge in [-0.1, -0.05) is 0 Å². The maximum atomic E-state index is 13.2. The minimum Gasteiger partial charge on any atom is -0.283 e. The zero-order chi connectivity index (χ0) is 13.2. The number of halogens is 10. The summed E-state index contributed by atoms with van der Waals surface area (Å²) in [7, 11) is 0. The van der Waals surface area contributed by atoms with Crippen LogP contribution in [0.2, 0.25) is 0 Å². The van der Waals surface area contributed by atoms with Crippen molar-refractivity contribution in [2.75, 3.05) is 0 Å². The van der Waals surface area contributed by atoms with E-state index in [-0.39, 0.29) is 0 Å². The summed E-state index contributed by atoms with van der Waals surface area (Å²) in [5.74, 6) is -5.70. The molecule has 0 aromatic carbocycles. The van der Waals surface area contributed by atoms with E-state index in [1.165, 1.54) is 31.9 Å². The number of alkyl halides is 10. The second kappa shape index (κ2) is 3.22. The van der Waals surface area contributed by atoms with Gasteiger partial charge in [0.1, 0.15) is 0 Å². The lowest BCUT2D eigenvalue weighted by molar-refractivity contribution is -0.338. The molecule has 0 N–H and O–H groups in total. The summed E-state index contributed by atoms with van der Waals surface area (Å²) in [6, 6.07) is 0. The van der Waals surface area contributed by atoms with Gasteiger partial charge >= 0.3 is 18.2 Å². The smallest absolute Gasteiger partial charge is 0.283 e. The summed E-state index contributed by atoms with van der Waals surface area (Å²) in [5, 5.41) is 0. The van der Waals surface area contributed by atoms with Gasteiger partial charge < -0.3 is 0 Å². The molecule has 1 nitrogen and oxygen atoms in total. The van der Waals surface area contributed by atoms with Gasteiger partial charge in [-0.15, -0.1) is 0 Å². The molecule has 0 amide bonds. The summed E-state index contributed by atoms with van der Waals surface area (Å²) in [5.41, 5.74) is 0. The lowest BCUT2D eigenvalue weighted by atomic mass is 10.1. The Morgan fingerprint density at radius 3 is 1.38 bits per heavy atom. The van der Waals surface area contributed by atoms with Gasteiger partial charge in [0, 0.05) is 0 Å². The van der Waals surface area contributed by atoms with E-state index in [2.05, 4.69) is 4.74 Å². The van der Waals surface area contributed by atoms with Crippen LogP contribution in [0.4, 0.5) is 35.1 Å². The Balaban J connectivity index is 3.41. The van der Waals surface area contributed by atoms with Gasteiger partial charge in [0.05, 0.1) is 0 Å². The molecule has 0 saturated carbocycles. The maximum Gasteiger partial charge on any atom is 0.432 e. The molecule has 0 radical (unpaired) electrons. The highest BCUT2D eigenvalue weighted by Gasteiger charge is 2.91. The zero-order valence-corrected chi connectivity index (χ0v) is 9.86. The fourth-order valence-corrected chi connectivity index (χ4v) is 1.91. The summed E-state index contributed by atoms with van der Waals surface area (Å²) < 4.78 is 93.7. The highest BCUT2D eigenvalue weighted by molar-refractivity contribution is 9.12. The number of hydrogen-bond donors (Lipinski definition) is 0. The fourth-order valence-electron chi connectivity index (χ4n) is 0.925. The molecule has 1 heterocycles. The summed E-state index contributed by atoms with van der Waals surface area (Å²) in [6.07, 6.45) is -11.4. The topological polar surface area (TPSA) is 9.23 Å². The van der Waals surface area contributed by atoms with Crippen LogP contribution in [0, 0.1) is 0 Å². The number of rotatable bonds is 0. The number of hydrogen-bond acceptors (Lipinski definition) is 1. The monoisotopic (exact) mass is 386 g/mol. The van der Waals surface area contributed by atoms with Crippen molar-refractivity contribution in [2.45, 2.75) is 27.3 Å². The summed E-state index contributed by atoms with van der Waals surface area (Å²) in [6.45, 7) is 0. The summed E-state index contributed by atoms with van der Waals surface area (Å²) >= 11 is 2.72. The molecular formula is C5Br2F8O. The Kier molecular flexibility index (Phi) is 2.90. The first-order chi connectivity index (χ1) is 6.71. The van der Waals surface area contributed by atoms with E-state index >= 15 is 0 Å². The van der Waals surface area contributed by atoms with Gasteiger partial charge in [-0.3, -0.25) is 4.74 Å². The van der Waals surface area contributed by atoms with E-state index in [9.17, 15) is 35.1 Å². The van der Waals surface area contributed by atoms with Crippen molar-refractivity contribution in [1.29, 1.82) is 0 Å². The van der Waals surface area contributed by atoms with Crippen molar-refractivity contribution in [3.63, 3.8) is 0 Å². The van der Waals surface area contributed by atoms with Crippen LogP contribution in [0.5, 0.6) is 0 Å². The van der Waals surface area contributed by atoms with Crippen molar-refractivity contribution < 1.29 is 39.9 Å². The van der Waals surface area contributed by atoms with Crippen LogP contribution in [-0.2, 0) is 4.74 Å². The Morgan fingerprint density at radius 2 is 1.25 bits per heavy atom. The Bertz CT molecular complexity index is 312. The van der Waals surface area contributed by atoms with Gasteiger partial charge in [-0.2, -0.15) is 30.7 Å². The third-order valence-corrected chi connectivity index (χ3v) is 4.54. The molecule has 2 atom stereocenters. The second-order valence-electron chi connectivity index (χ2n) is 2.86. The van der Waals surface area contributed by atoms with Crippen LogP contribution < -0.4 is 0 Å². The second-order valence-corrected chi connectivity index (χ2v) is 5.07. The minimum absolute atomic E-state index is 1.31. The van der Waals surface area contributed by atoms with Crippen LogP contribution >= 0.6 is 31.9 Å². The molecule has 1 aliphatic rings. The van der Waals surface area contributed by atoms with E-state index in [1.54, 1.807) is 0 Å². The normalized spacial score (nSPS) is 42.4. The first-order valence-electron chi connectivity index (χ1n) is 3.30. The van der Waals surface area contributed by atoms with E-state index in [0.717, 1.165) is 0 Å². The first-order valence-corrected chi connectivity index (χ1v) is 4.88. The van der Waals surface area contributed by atoms with Gasteiger partial charge in [-0.25, -0.2) is 4.39 Å². The average molecular weight is 388 g/mol. The van der Waals surface area contributed by atoms with Crippen LogP contribution in [0.25, 0.3) is 0 Å². The lowest BCUT2D eigenvalue weighted by Crippen LogP contribution is -2.56. The molecular weight excluding hydrogens is 388 g/mol. The molecule has 96 valence electrons. The van der Waals surface area contributed by atoms with E-state index in [0.29, 0.717) is 0 Å². The molecule has 0 aromatic heterocycles. The Morgan fingerprint density at radius 1 is 0.875 bits per heavy atom. The molecule has 0 bridgehead atoms. The molecule has 11 heteroatoms. The Labute approximate surface area is 99.4 Å². The zero-order valence-electron chi connectivity index (χ0n) is 6.69. The minimum atomic E-state index is -5.82.